The van der Waals surface area contributed by atoms with Gasteiger partial charge in [0.15, 0.2) is 0 Å². The number of unbranched alkanes of at least 4 members (excludes halogenated alkanes) is 3. The van der Waals surface area contributed by atoms with Crippen molar-refractivity contribution < 1.29 is 4.79 Å². The average molecular weight is 203 g/mol. The third-order valence-electron chi connectivity index (χ3n) is 1.77. The number of primary amides is 1. The Labute approximate surface area is 85.6 Å². The van der Waals surface area contributed by atoms with Crippen LogP contribution in [0.5, 0.6) is 0 Å². The van der Waals surface area contributed by atoms with E-state index in [0.717, 1.165) is 18.1 Å². The van der Waals surface area contributed by atoms with Gasteiger partial charge < -0.3 is 5.73 Å². The Morgan fingerprint density at radius 1 is 1.23 bits per heavy atom. The Bertz CT molecular complexity index is 137. The van der Waals surface area contributed by atoms with Crippen LogP contribution < -0.4 is 5.73 Å². The first-order chi connectivity index (χ1) is 6.13. The lowest BCUT2D eigenvalue weighted by atomic mass is 10.1. The second kappa shape index (κ2) is 8.42. The number of carbonyl (C=O) groups excluding carboxylic acids is 1. The zero-order chi connectivity index (χ0) is 10.1. The van der Waals surface area contributed by atoms with Crippen LogP contribution in [0.4, 0.5) is 0 Å². The summed E-state index contributed by atoms with van der Waals surface area (Å²) in [5.74, 6) is 1.07. The molecule has 0 saturated carbocycles. The summed E-state index contributed by atoms with van der Waals surface area (Å²) in [4.78, 5) is 10.4. The van der Waals surface area contributed by atoms with Crippen LogP contribution in [0.1, 0.15) is 46.0 Å². The zero-order valence-corrected chi connectivity index (χ0v) is 9.53. The maximum atomic E-state index is 10.4. The third-order valence-corrected chi connectivity index (χ3v) is 2.96. The highest BCUT2D eigenvalue weighted by Gasteiger charge is 1.96. The Morgan fingerprint density at radius 2 is 1.85 bits per heavy atom. The van der Waals surface area contributed by atoms with Gasteiger partial charge in [-0.15, -0.1) is 0 Å². The lowest BCUT2D eigenvalue weighted by Crippen LogP contribution is -2.09. The summed E-state index contributed by atoms with van der Waals surface area (Å²) in [7, 11) is 0. The van der Waals surface area contributed by atoms with E-state index in [9.17, 15) is 4.79 Å². The van der Waals surface area contributed by atoms with Crippen LogP contribution in [0.3, 0.4) is 0 Å². The van der Waals surface area contributed by atoms with Crippen molar-refractivity contribution in [1.82, 2.24) is 0 Å². The highest BCUT2D eigenvalue weighted by Crippen LogP contribution is 2.13. The van der Waals surface area contributed by atoms with Crippen molar-refractivity contribution in [3.63, 3.8) is 0 Å². The number of thioether (sulfide) groups is 1. The molecular formula is C10H21NOS. The minimum absolute atomic E-state index is 0.170. The molecule has 2 nitrogen and oxygen atoms in total. The summed E-state index contributed by atoms with van der Waals surface area (Å²) in [6.07, 6.45) is 5.15. The smallest absolute Gasteiger partial charge is 0.217 e. The van der Waals surface area contributed by atoms with Crippen molar-refractivity contribution in [1.29, 1.82) is 0 Å². The topological polar surface area (TPSA) is 43.1 Å². The summed E-state index contributed by atoms with van der Waals surface area (Å²) in [5.41, 5.74) is 5.03. The largest absolute Gasteiger partial charge is 0.370 e. The van der Waals surface area contributed by atoms with Gasteiger partial charge in [-0.2, -0.15) is 11.8 Å². The lowest BCUT2D eigenvalue weighted by Gasteiger charge is -2.03. The fourth-order valence-electron chi connectivity index (χ4n) is 1.07. The maximum Gasteiger partial charge on any atom is 0.217 e. The normalized spacial score (nSPS) is 10.7. The van der Waals surface area contributed by atoms with Gasteiger partial charge in [0, 0.05) is 6.42 Å². The van der Waals surface area contributed by atoms with Gasteiger partial charge in [0.05, 0.1) is 0 Å². The molecule has 1 amide bonds. The Balaban J connectivity index is 2.96. The molecule has 0 aromatic rings. The molecule has 0 aromatic carbocycles. The van der Waals surface area contributed by atoms with Gasteiger partial charge in [-0.3, -0.25) is 4.79 Å². The molecular weight excluding hydrogens is 182 g/mol. The Morgan fingerprint density at radius 3 is 2.38 bits per heavy atom. The van der Waals surface area contributed by atoms with Crippen molar-refractivity contribution in [2.75, 3.05) is 5.75 Å². The van der Waals surface area contributed by atoms with E-state index in [1.54, 1.807) is 0 Å². The van der Waals surface area contributed by atoms with Crippen LogP contribution in [0.25, 0.3) is 0 Å². The van der Waals surface area contributed by atoms with Gasteiger partial charge in [-0.1, -0.05) is 26.7 Å². The van der Waals surface area contributed by atoms with Crippen LogP contribution in [0.15, 0.2) is 0 Å². The number of amides is 1. The number of hydrogen-bond donors (Lipinski definition) is 1. The molecule has 0 aliphatic carbocycles. The number of carbonyl (C=O) groups is 1. The van der Waals surface area contributed by atoms with Crippen molar-refractivity contribution in [2.24, 2.45) is 5.73 Å². The van der Waals surface area contributed by atoms with Gasteiger partial charge in [-0.25, -0.2) is 0 Å². The maximum absolute atomic E-state index is 10.4. The molecule has 13 heavy (non-hydrogen) atoms. The molecule has 0 spiro atoms. The summed E-state index contributed by atoms with van der Waals surface area (Å²) >= 11 is 2.00. The van der Waals surface area contributed by atoms with Crippen LogP contribution in [-0.2, 0) is 4.79 Å². The molecule has 0 aromatic heterocycles. The highest BCUT2D eigenvalue weighted by atomic mass is 32.2. The van der Waals surface area contributed by atoms with E-state index in [1.165, 1.54) is 18.6 Å². The average Bonchev–Trinajstić information content (AvgIpc) is 2.01. The molecule has 0 heterocycles. The van der Waals surface area contributed by atoms with Crippen molar-refractivity contribution in [2.45, 2.75) is 51.2 Å². The van der Waals surface area contributed by atoms with E-state index < -0.39 is 0 Å². The van der Waals surface area contributed by atoms with Gasteiger partial charge in [0.1, 0.15) is 0 Å². The standard InChI is InChI=1S/C10H21NOS/c1-9(2)13-8-6-4-3-5-7-10(11)12/h9H,3-8H2,1-2H3,(H2,11,12). The molecule has 2 N–H and O–H groups in total. The van der Waals surface area contributed by atoms with Crippen molar-refractivity contribution >= 4 is 17.7 Å². The van der Waals surface area contributed by atoms with Gasteiger partial charge >= 0.3 is 0 Å². The van der Waals surface area contributed by atoms with Crippen LogP contribution in [0.2, 0.25) is 0 Å². The van der Waals surface area contributed by atoms with Crippen molar-refractivity contribution in [3.8, 4) is 0 Å². The fourth-order valence-corrected chi connectivity index (χ4v) is 1.92. The predicted octanol–water partition coefficient (Wildman–Crippen LogP) is 2.56. The number of rotatable bonds is 8. The predicted molar refractivity (Wildman–Crippen MR) is 59.9 cm³/mol. The minimum Gasteiger partial charge on any atom is -0.370 e. The molecule has 0 saturated heterocycles. The van der Waals surface area contributed by atoms with E-state index >= 15 is 0 Å². The lowest BCUT2D eigenvalue weighted by molar-refractivity contribution is -0.118. The summed E-state index contributed by atoms with van der Waals surface area (Å²) in [5, 5.41) is 0.741. The highest BCUT2D eigenvalue weighted by molar-refractivity contribution is 7.99. The zero-order valence-electron chi connectivity index (χ0n) is 8.71. The Kier molecular flexibility index (Phi) is 8.30. The molecule has 0 unspecified atom stereocenters. The Hall–Kier alpha value is -0.180. The molecule has 78 valence electrons. The summed E-state index contributed by atoms with van der Waals surface area (Å²) in [6.45, 7) is 4.44. The quantitative estimate of drug-likeness (QED) is 0.616. The first-order valence-corrected chi connectivity index (χ1v) is 6.07. The van der Waals surface area contributed by atoms with Gasteiger partial charge in [-0.05, 0) is 23.8 Å². The van der Waals surface area contributed by atoms with E-state index in [1.807, 2.05) is 11.8 Å². The molecule has 0 aliphatic rings. The first-order valence-electron chi connectivity index (χ1n) is 5.03. The van der Waals surface area contributed by atoms with E-state index in [-0.39, 0.29) is 5.91 Å². The first kappa shape index (κ1) is 12.8. The summed E-state index contributed by atoms with van der Waals surface area (Å²) in [6, 6.07) is 0. The molecule has 0 radical (unpaired) electrons. The molecule has 0 rings (SSSR count). The second-order valence-corrected chi connectivity index (χ2v) is 5.23. The molecule has 0 atom stereocenters. The van der Waals surface area contributed by atoms with Crippen molar-refractivity contribution in [3.05, 3.63) is 0 Å². The minimum atomic E-state index is -0.170. The SMILES string of the molecule is CC(C)SCCCCCCC(N)=O. The molecule has 0 fully saturated rings. The van der Waals surface area contributed by atoms with Crippen LogP contribution in [0, 0.1) is 0 Å². The van der Waals surface area contributed by atoms with Crippen LogP contribution >= 0.6 is 11.8 Å². The molecule has 0 bridgehead atoms. The van der Waals surface area contributed by atoms with E-state index in [0.29, 0.717) is 6.42 Å². The fraction of sp³-hybridized carbons (Fsp3) is 0.900. The third kappa shape index (κ3) is 11.8. The van der Waals surface area contributed by atoms with Gasteiger partial charge in [0.2, 0.25) is 5.91 Å². The van der Waals surface area contributed by atoms with E-state index in [2.05, 4.69) is 13.8 Å². The molecule has 3 heteroatoms. The molecule has 0 aliphatic heterocycles. The second-order valence-electron chi connectivity index (χ2n) is 3.55. The van der Waals surface area contributed by atoms with E-state index in [4.69, 9.17) is 5.73 Å². The van der Waals surface area contributed by atoms with Gasteiger partial charge in [0.25, 0.3) is 0 Å². The summed E-state index contributed by atoms with van der Waals surface area (Å²) < 4.78 is 0. The monoisotopic (exact) mass is 203 g/mol. The van der Waals surface area contributed by atoms with Crippen LogP contribution in [-0.4, -0.2) is 16.9 Å². The number of nitrogens with two attached hydrogens (primary N) is 1. The number of hydrogen-bond acceptors (Lipinski definition) is 2.